The second kappa shape index (κ2) is 7.17. The van der Waals surface area contributed by atoms with Crippen molar-refractivity contribution in [3.8, 4) is 0 Å². The van der Waals surface area contributed by atoms with Crippen LogP contribution in [-0.4, -0.2) is 24.0 Å². The SMILES string of the molecule is CC[C@H](CCO)O/N=C/c1c(C)cc(C)cc1C. The molecule has 0 radical (unpaired) electrons. The van der Waals surface area contributed by atoms with Crippen LogP contribution in [0.3, 0.4) is 0 Å². The number of rotatable bonds is 6. The van der Waals surface area contributed by atoms with Gasteiger partial charge >= 0.3 is 0 Å². The summed E-state index contributed by atoms with van der Waals surface area (Å²) in [6.45, 7) is 8.40. The zero-order valence-corrected chi connectivity index (χ0v) is 11.7. The molecule has 0 saturated carbocycles. The predicted octanol–water partition coefficient (Wildman–Crippen LogP) is 3.12. The summed E-state index contributed by atoms with van der Waals surface area (Å²) >= 11 is 0. The van der Waals surface area contributed by atoms with Crippen molar-refractivity contribution >= 4 is 6.21 Å². The van der Waals surface area contributed by atoms with E-state index < -0.39 is 0 Å². The Morgan fingerprint density at radius 1 is 1.28 bits per heavy atom. The van der Waals surface area contributed by atoms with Gasteiger partial charge < -0.3 is 9.94 Å². The summed E-state index contributed by atoms with van der Waals surface area (Å²) in [6, 6.07) is 4.28. The van der Waals surface area contributed by atoms with Gasteiger partial charge in [-0.15, -0.1) is 0 Å². The lowest BCUT2D eigenvalue weighted by Crippen LogP contribution is -2.10. The number of hydrogen-bond donors (Lipinski definition) is 1. The minimum atomic E-state index is -0.00249. The molecule has 0 saturated heterocycles. The quantitative estimate of drug-likeness (QED) is 0.621. The third-order valence-corrected chi connectivity index (χ3v) is 3.04. The van der Waals surface area contributed by atoms with Crippen LogP contribution < -0.4 is 0 Å². The van der Waals surface area contributed by atoms with E-state index in [1.165, 1.54) is 16.7 Å². The monoisotopic (exact) mass is 249 g/mol. The molecule has 0 fully saturated rings. The van der Waals surface area contributed by atoms with Gasteiger partial charge in [0.25, 0.3) is 0 Å². The molecule has 0 aliphatic heterocycles. The number of aryl methyl sites for hydroxylation is 3. The molecule has 1 aromatic carbocycles. The van der Waals surface area contributed by atoms with Gasteiger partial charge in [-0.2, -0.15) is 0 Å². The Kier molecular flexibility index (Phi) is 5.86. The third-order valence-electron chi connectivity index (χ3n) is 3.04. The molecule has 0 aliphatic rings. The van der Waals surface area contributed by atoms with Crippen LogP contribution in [0.25, 0.3) is 0 Å². The molecule has 18 heavy (non-hydrogen) atoms. The van der Waals surface area contributed by atoms with Crippen LogP contribution in [0, 0.1) is 20.8 Å². The highest BCUT2D eigenvalue weighted by Gasteiger charge is 2.05. The summed E-state index contributed by atoms with van der Waals surface area (Å²) in [5.41, 5.74) is 4.78. The smallest absolute Gasteiger partial charge is 0.129 e. The van der Waals surface area contributed by atoms with Gasteiger partial charge in [0, 0.05) is 18.6 Å². The summed E-state index contributed by atoms with van der Waals surface area (Å²) in [5.74, 6) is 0. The second-order valence-corrected chi connectivity index (χ2v) is 4.69. The van der Waals surface area contributed by atoms with Crippen LogP contribution in [0.5, 0.6) is 0 Å². The molecule has 3 heteroatoms. The summed E-state index contributed by atoms with van der Waals surface area (Å²) < 4.78 is 0. The van der Waals surface area contributed by atoms with E-state index in [0.29, 0.717) is 6.42 Å². The molecular formula is C15H23NO2. The highest BCUT2D eigenvalue weighted by Crippen LogP contribution is 2.14. The Morgan fingerprint density at radius 3 is 2.39 bits per heavy atom. The van der Waals surface area contributed by atoms with Gasteiger partial charge in [0.15, 0.2) is 0 Å². The van der Waals surface area contributed by atoms with E-state index in [9.17, 15) is 0 Å². The van der Waals surface area contributed by atoms with Gasteiger partial charge in [0.1, 0.15) is 6.10 Å². The lowest BCUT2D eigenvalue weighted by atomic mass is 10.0. The van der Waals surface area contributed by atoms with Crippen LogP contribution in [0.15, 0.2) is 17.3 Å². The van der Waals surface area contributed by atoms with Crippen molar-refractivity contribution in [1.29, 1.82) is 0 Å². The van der Waals surface area contributed by atoms with Crippen LogP contribution in [0.1, 0.15) is 42.0 Å². The highest BCUT2D eigenvalue weighted by molar-refractivity contribution is 5.83. The first kappa shape index (κ1) is 14.7. The lowest BCUT2D eigenvalue weighted by molar-refractivity contribution is 0.0390. The van der Waals surface area contributed by atoms with Gasteiger partial charge in [-0.25, -0.2) is 0 Å². The second-order valence-electron chi connectivity index (χ2n) is 4.69. The van der Waals surface area contributed by atoms with E-state index in [1.54, 1.807) is 6.21 Å². The molecule has 0 aliphatic carbocycles. The minimum Gasteiger partial charge on any atom is -0.396 e. The summed E-state index contributed by atoms with van der Waals surface area (Å²) in [7, 11) is 0. The van der Waals surface area contributed by atoms with Crippen LogP contribution >= 0.6 is 0 Å². The molecule has 1 aromatic rings. The average molecular weight is 249 g/mol. The molecule has 3 nitrogen and oxygen atoms in total. The van der Waals surface area contributed by atoms with Gasteiger partial charge in [-0.3, -0.25) is 0 Å². The molecule has 100 valence electrons. The van der Waals surface area contributed by atoms with Crippen molar-refractivity contribution in [2.45, 2.75) is 46.6 Å². The van der Waals surface area contributed by atoms with E-state index in [4.69, 9.17) is 9.94 Å². The maximum absolute atomic E-state index is 8.87. The van der Waals surface area contributed by atoms with Crippen LogP contribution in [0.2, 0.25) is 0 Å². The first-order chi connectivity index (χ1) is 8.58. The van der Waals surface area contributed by atoms with Crippen molar-refractivity contribution < 1.29 is 9.94 Å². The van der Waals surface area contributed by atoms with E-state index in [-0.39, 0.29) is 12.7 Å². The Morgan fingerprint density at radius 2 is 1.89 bits per heavy atom. The summed E-state index contributed by atoms with van der Waals surface area (Å²) in [4.78, 5) is 5.39. The fourth-order valence-corrected chi connectivity index (χ4v) is 2.04. The summed E-state index contributed by atoms with van der Waals surface area (Å²) in [5, 5.41) is 12.9. The number of hydrogen-bond acceptors (Lipinski definition) is 3. The molecule has 0 heterocycles. The van der Waals surface area contributed by atoms with Crippen molar-refractivity contribution in [3.63, 3.8) is 0 Å². The van der Waals surface area contributed by atoms with Crippen molar-refractivity contribution in [2.24, 2.45) is 5.16 Å². The topological polar surface area (TPSA) is 41.8 Å². The van der Waals surface area contributed by atoms with Gasteiger partial charge in [-0.1, -0.05) is 29.8 Å². The molecule has 0 unspecified atom stereocenters. The molecule has 0 bridgehead atoms. The number of aliphatic hydroxyl groups excluding tert-OH is 1. The maximum atomic E-state index is 8.87. The van der Waals surface area contributed by atoms with Crippen molar-refractivity contribution in [1.82, 2.24) is 0 Å². The van der Waals surface area contributed by atoms with E-state index in [0.717, 1.165) is 12.0 Å². The van der Waals surface area contributed by atoms with E-state index >= 15 is 0 Å². The minimum absolute atomic E-state index is 0.00249. The van der Waals surface area contributed by atoms with Crippen LogP contribution in [-0.2, 0) is 4.84 Å². The Balaban J connectivity index is 2.72. The average Bonchev–Trinajstić information content (AvgIpc) is 2.31. The number of benzene rings is 1. The van der Waals surface area contributed by atoms with E-state index in [2.05, 4.69) is 38.1 Å². The molecular weight excluding hydrogens is 226 g/mol. The Hall–Kier alpha value is -1.35. The van der Waals surface area contributed by atoms with Gasteiger partial charge in [0.05, 0.1) is 6.21 Å². The predicted molar refractivity (Wildman–Crippen MR) is 75.1 cm³/mol. The zero-order valence-electron chi connectivity index (χ0n) is 11.7. The first-order valence-corrected chi connectivity index (χ1v) is 6.46. The Labute approximate surface area is 109 Å². The molecule has 0 amide bonds. The number of nitrogens with zero attached hydrogens (tertiary/aromatic N) is 1. The lowest BCUT2D eigenvalue weighted by Gasteiger charge is -2.11. The summed E-state index contributed by atoms with van der Waals surface area (Å²) in [6.07, 6.45) is 3.24. The largest absolute Gasteiger partial charge is 0.396 e. The number of oxime groups is 1. The molecule has 1 atom stereocenters. The van der Waals surface area contributed by atoms with Crippen molar-refractivity contribution in [2.75, 3.05) is 6.61 Å². The first-order valence-electron chi connectivity index (χ1n) is 6.46. The third kappa shape index (κ3) is 4.15. The van der Waals surface area contributed by atoms with E-state index in [1.807, 2.05) is 6.92 Å². The number of aliphatic hydroxyl groups is 1. The highest BCUT2D eigenvalue weighted by atomic mass is 16.6. The molecule has 1 N–H and O–H groups in total. The standard InChI is InChI=1S/C15H23NO2/c1-5-14(6-7-17)18-16-10-15-12(3)8-11(2)9-13(15)4/h8-10,14,17H,5-7H2,1-4H3/b16-10+/t14-/m1/s1. The molecule has 0 spiro atoms. The fraction of sp³-hybridized carbons (Fsp3) is 0.533. The normalized spacial score (nSPS) is 12.9. The molecule has 1 rings (SSSR count). The maximum Gasteiger partial charge on any atom is 0.129 e. The van der Waals surface area contributed by atoms with Crippen LogP contribution in [0.4, 0.5) is 0 Å². The van der Waals surface area contributed by atoms with Gasteiger partial charge in [-0.05, 0) is 38.3 Å². The van der Waals surface area contributed by atoms with Gasteiger partial charge in [0.2, 0.25) is 0 Å². The van der Waals surface area contributed by atoms with Crippen molar-refractivity contribution in [3.05, 3.63) is 34.4 Å². The zero-order chi connectivity index (χ0) is 13.5. The fourth-order valence-electron chi connectivity index (χ4n) is 2.04. The molecule has 0 aromatic heterocycles. The Bertz CT molecular complexity index is 390.